The predicted molar refractivity (Wildman–Crippen MR) is 112 cm³/mol. The van der Waals surface area contributed by atoms with E-state index in [0.717, 1.165) is 28.9 Å². The van der Waals surface area contributed by atoms with Gasteiger partial charge in [0, 0.05) is 17.2 Å². The number of nitrogens with one attached hydrogen (secondary N) is 1. The molecule has 1 N–H and O–H groups in total. The number of thiol groups is 1. The number of ether oxygens (including phenoxy) is 1. The topological polar surface area (TPSA) is 55.4 Å². The van der Waals surface area contributed by atoms with E-state index in [1.54, 1.807) is 6.26 Å². The molecule has 142 valence electrons. The molecule has 0 aromatic heterocycles. The van der Waals surface area contributed by atoms with Gasteiger partial charge in [0.25, 0.3) is 5.91 Å². The van der Waals surface area contributed by atoms with Crippen molar-refractivity contribution in [1.29, 1.82) is 0 Å². The Hall–Kier alpha value is -2.58. The Morgan fingerprint density at radius 3 is 2.15 bits per heavy atom. The Balaban J connectivity index is 1.91. The fourth-order valence-corrected chi connectivity index (χ4v) is 3.09. The zero-order valence-corrected chi connectivity index (χ0v) is 16.9. The van der Waals surface area contributed by atoms with E-state index < -0.39 is 10.8 Å². The van der Waals surface area contributed by atoms with Crippen molar-refractivity contribution >= 4 is 16.7 Å². The van der Waals surface area contributed by atoms with Crippen LogP contribution in [0.15, 0.2) is 48.5 Å². The normalized spacial score (nSPS) is 12.4. The lowest BCUT2D eigenvalue weighted by molar-refractivity contribution is -0.119. The van der Waals surface area contributed by atoms with Crippen molar-refractivity contribution in [3.8, 4) is 17.6 Å². The summed E-state index contributed by atoms with van der Waals surface area (Å²) in [5.41, 5.74) is 3.00. The van der Waals surface area contributed by atoms with Gasteiger partial charge in [-0.3, -0.25) is 4.79 Å². The number of rotatable bonds is 7. The van der Waals surface area contributed by atoms with Crippen molar-refractivity contribution < 1.29 is 13.7 Å². The minimum atomic E-state index is -1.45. The second-order valence-corrected chi connectivity index (χ2v) is 7.94. The van der Waals surface area contributed by atoms with E-state index in [9.17, 15) is 9.00 Å². The molecule has 5 heteroatoms. The van der Waals surface area contributed by atoms with Crippen molar-refractivity contribution in [3.63, 3.8) is 0 Å². The Bertz CT molecular complexity index is 833. The van der Waals surface area contributed by atoms with E-state index >= 15 is 0 Å². The highest BCUT2D eigenvalue weighted by Crippen LogP contribution is 2.12. The Labute approximate surface area is 163 Å². The van der Waals surface area contributed by atoms with Crippen LogP contribution in [0.2, 0.25) is 0 Å². The van der Waals surface area contributed by atoms with Crippen LogP contribution < -0.4 is 10.1 Å². The van der Waals surface area contributed by atoms with E-state index in [0.29, 0.717) is 6.61 Å². The molecule has 0 heterocycles. The molecule has 2 unspecified atom stereocenters. The maximum Gasteiger partial charge on any atom is 0.269 e. The van der Waals surface area contributed by atoms with Gasteiger partial charge in [-0.15, -0.1) is 4.21 Å². The standard InChI is InChI=1S/C22H25NO3S/c1-4-26-21-13-11-19(12-14-21)6-5-18-7-9-20(10-8-18)15-17(2)23-22(24)16-27(3)25/h7-14,17H,4,15-16H2,1-3H3,(H,23,24)/p+1. The van der Waals surface area contributed by atoms with Gasteiger partial charge in [-0.2, -0.15) is 0 Å². The number of hydrogen-bond acceptors (Lipinski definition) is 3. The zero-order valence-electron chi connectivity index (χ0n) is 16.0. The van der Waals surface area contributed by atoms with Gasteiger partial charge in [0.1, 0.15) is 5.75 Å². The third-order valence-electron chi connectivity index (χ3n) is 3.79. The van der Waals surface area contributed by atoms with Crippen LogP contribution >= 0.6 is 0 Å². The number of hydrogen-bond donors (Lipinski definition) is 1. The summed E-state index contributed by atoms with van der Waals surface area (Å²) >= 11 is 0. The summed E-state index contributed by atoms with van der Waals surface area (Å²) in [6.07, 6.45) is 2.28. The third kappa shape index (κ3) is 7.67. The SMILES string of the molecule is CCOc1ccc(C#Cc2ccc(CC(C)NC(=O)C[SH+](C)=O)cc2)cc1. The van der Waals surface area contributed by atoms with Gasteiger partial charge < -0.3 is 10.1 Å². The molecule has 0 fully saturated rings. The molecule has 0 radical (unpaired) electrons. The van der Waals surface area contributed by atoms with Crippen molar-refractivity contribution in [2.24, 2.45) is 0 Å². The van der Waals surface area contributed by atoms with Crippen molar-refractivity contribution in [2.45, 2.75) is 26.3 Å². The lowest BCUT2D eigenvalue weighted by atomic mass is 10.0. The largest absolute Gasteiger partial charge is 0.494 e. The summed E-state index contributed by atoms with van der Waals surface area (Å²) in [5, 5.41) is 2.87. The molecule has 0 saturated heterocycles. The number of carbonyl (C=O) groups excluding carboxylic acids is 1. The molecule has 2 atom stereocenters. The zero-order chi connectivity index (χ0) is 19.6. The van der Waals surface area contributed by atoms with Crippen LogP contribution in [-0.4, -0.2) is 30.6 Å². The second-order valence-electron chi connectivity index (χ2n) is 6.36. The average Bonchev–Trinajstić information content (AvgIpc) is 2.61. The van der Waals surface area contributed by atoms with Crippen LogP contribution in [0, 0.1) is 11.8 Å². The lowest BCUT2D eigenvalue weighted by Gasteiger charge is -2.12. The summed E-state index contributed by atoms with van der Waals surface area (Å²) in [6.45, 7) is 4.55. The monoisotopic (exact) mass is 384 g/mol. The van der Waals surface area contributed by atoms with Crippen molar-refractivity contribution in [2.75, 3.05) is 18.6 Å². The molecule has 0 aliphatic rings. The Morgan fingerprint density at radius 1 is 1.07 bits per heavy atom. The fourth-order valence-electron chi connectivity index (χ4n) is 2.60. The number of carbonyl (C=O) groups is 1. The van der Waals surface area contributed by atoms with Crippen LogP contribution in [-0.2, 0) is 26.2 Å². The van der Waals surface area contributed by atoms with Gasteiger partial charge in [0.2, 0.25) is 0 Å². The summed E-state index contributed by atoms with van der Waals surface area (Å²) in [6, 6.07) is 15.7. The smallest absolute Gasteiger partial charge is 0.269 e. The molecule has 0 aliphatic carbocycles. The molecule has 27 heavy (non-hydrogen) atoms. The molecule has 2 rings (SSSR count). The molecule has 0 aliphatic heterocycles. The van der Waals surface area contributed by atoms with Crippen LogP contribution in [0.1, 0.15) is 30.5 Å². The summed E-state index contributed by atoms with van der Waals surface area (Å²) in [5.74, 6) is 7.06. The van der Waals surface area contributed by atoms with Crippen molar-refractivity contribution in [1.82, 2.24) is 5.32 Å². The fraction of sp³-hybridized carbons (Fsp3) is 0.318. The molecule has 4 nitrogen and oxygen atoms in total. The molecule has 1 amide bonds. The molecule has 0 saturated carbocycles. The van der Waals surface area contributed by atoms with Gasteiger partial charge in [0.15, 0.2) is 5.75 Å². The van der Waals surface area contributed by atoms with Crippen LogP contribution in [0.5, 0.6) is 5.75 Å². The third-order valence-corrected chi connectivity index (χ3v) is 4.52. The Kier molecular flexibility index (Phi) is 8.09. The van der Waals surface area contributed by atoms with Gasteiger partial charge in [-0.05, 0) is 62.2 Å². The van der Waals surface area contributed by atoms with Gasteiger partial charge in [0.05, 0.1) is 23.7 Å². The first-order chi connectivity index (χ1) is 13.0. The highest BCUT2D eigenvalue weighted by atomic mass is 32.2. The first kappa shape index (κ1) is 20.7. The number of benzene rings is 2. The second kappa shape index (κ2) is 10.5. The van der Waals surface area contributed by atoms with Gasteiger partial charge in [-0.25, -0.2) is 0 Å². The quantitative estimate of drug-likeness (QED) is 0.454. The highest BCUT2D eigenvalue weighted by Gasteiger charge is 2.12. The van der Waals surface area contributed by atoms with E-state index in [-0.39, 0.29) is 17.7 Å². The van der Waals surface area contributed by atoms with E-state index in [2.05, 4.69) is 17.2 Å². The molecule has 0 bridgehead atoms. The van der Waals surface area contributed by atoms with Crippen LogP contribution in [0.25, 0.3) is 0 Å². The molecule has 2 aromatic carbocycles. The first-order valence-corrected chi connectivity index (χ1v) is 10.9. The molecular weight excluding hydrogens is 358 g/mol. The van der Waals surface area contributed by atoms with E-state index in [4.69, 9.17) is 4.74 Å². The summed E-state index contributed by atoms with van der Waals surface area (Å²) in [4.78, 5) is 11.7. The maximum atomic E-state index is 11.7. The van der Waals surface area contributed by atoms with E-state index in [1.807, 2.05) is 62.4 Å². The van der Waals surface area contributed by atoms with Crippen LogP contribution in [0.3, 0.4) is 0 Å². The Morgan fingerprint density at radius 2 is 1.63 bits per heavy atom. The molecular formula is C22H26NO3S+. The lowest BCUT2D eigenvalue weighted by Crippen LogP contribution is -2.36. The van der Waals surface area contributed by atoms with Gasteiger partial charge >= 0.3 is 0 Å². The van der Waals surface area contributed by atoms with Crippen molar-refractivity contribution in [3.05, 3.63) is 65.2 Å². The minimum Gasteiger partial charge on any atom is -0.494 e. The number of amides is 1. The van der Waals surface area contributed by atoms with E-state index in [1.165, 1.54) is 0 Å². The van der Waals surface area contributed by atoms with Gasteiger partial charge in [-0.1, -0.05) is 24.0 Å². The highest BCUT2D eigenvalue weighted by molar-refractivity contribution is 7.84. The molecule has 2 aromatic rings. The summed E-state index contributed by atoms with van der Waals surface area (Å²) in [7, 11) is -1.45. The summed E-state index contributed by atoms with van der Waals surface area (Å²) < 4.78 is 16.5. The predicted octanol–water partition coefficient (Wildman–Crippen LogP) is 2.86. The average molecular weight is 385 g/mol. The molecule has 0 spiro atoms. The maximum absolute atomic E-state index is 11.7. The van der Waals surface area contributed by atoms with Crippen LogP contribution in [0.4, 0.5) is 0 Å². The minimum absolute atomic E-state index is 0.00626. The first-order valence-electron chi connectivity index (χ1n) is 8.97.